The molecule has 1 N–H and O–H groups in total. The zero-order valence-corrected chi connectivity index (χ0v) is 14.8. The molecule has 2 rings (SSSR count). The van der Waals surface area contributed by atoms with Crippen LogP contribution in [-0.4, -0.2) is 22.8 Å². The molecule has 0 saturated heterocycles. The van der Waals surface area contributed by atoms with E-state index in [4.69, 9.17) is 4.74 Å². The van der Waals surface area contributed by atoms with E-state index in [0.29, 0.717) is 5.69 Å². The Bertz CT molecular complexity index is 753. The summed E-state index contributed by atoms with van der Waals surface area (Å²) in [6, 6.07) is 8.61. The van der Waals surface area contributed by atoms with Gasteiger partial charge in [0.2, 0.25) is 0 Å². The number of carboxylic acid groups (broad SMARTS) is 1. The van der Waals surface area contributed by atoms with Gasteiger partial charge in [-0.3, -0.25) is 4.79 Å². The van der Waals surface area contributed by atoms with Crippen molar-refractivity contribution in [1.29, 1.82) is 0 Å². The Hall–Kier alpha value is -1.60. The van der Waals surface area contributed by atoms with E-state index in [1.807, 2.05) is 12.1 Å². The summed E-state index contributed by atoms with van der Waals surface area (Å²) >= 11 is 6.40. The first-order valence-corrected chi connectivity index (χ1v) is 8.23. The number of nitrogens with zero attached hydrogens (tertiary/aromatic N) is 1. The van der Waals surface area contributed by atoms with Crippen LogP contribution >= 0.6 is 31.9 Å². The molecule has 0 unspecified atom stereocenters. The van der Waals surface area contributed by atoms with Crippen molar-refractivity contribution in [3.63, 3.8) is 0 Å². The molecule has 0 amide bonds. The SMILES string of the molecule is COc1ccc(Cn2c(CBr)c(C(=O)O)cc(Br)c2=O)cc1. The molecular weight excluding hydrogens is 418 g/mol. The van der Waals surface area contributed by atoms with Crippen molar-refractivity contribution < 1.29 is 14.6 Å². The predicted molar refractivity (Wildman–Crippen MR) is 90.1 cm³/mol. The van der Waals surface area contributed by atoms with Crippen molar-refractivity contribution in [2.24, 2.45) is 0 Å². The lowest BCUT2D eigenvalue weighted by molar-refractivity contribution is 0.0694. The minimum Gasteiger partial charge on any atom is -0.497 e. The molecule has 7 heteroatoms. The number of carboxylic acids is 1. The first-order chi connectivity index (χ1) is 10.5. The molecule has 116 valence electrons. The van der Waals surface area contributed by atoms with Gasteiger partial charge >= 0.3 is 5.97 Å². The van der Waals surface area contributed by atoms with Crippen LogP contribution in [0, 0.1) is 0 Å². The molecule has 22 heavy (non-hydrogen) atoms. The fraction of sp³-hybridized carbons (Fsp3) is 0.200. The Morgan fingerprint density at radius 3 is 2.45 bits per heavy atom. The summed E-state index contributed by atoms with van der Waals surface area (Å²) in [5.74, 6) is -0.351. The summed E-state index contributed by atoms with van der Waals surface area (Å²) < 4.78 is 6.77. The minimum absolute atomic E-state index is 0.0943. The van der Waals surface area contributed by atoms with Gasteiger partial charge in [0.25, 0.3) is 5.56 Å². The third-order valence-corrected chi connectivity index (χ3v) is 4.31. The molecule has 0 fully saturated rings. The van der Waals surface area contributed by atoms with Crippen LogP contribution in [0.15, 0.2) is 39.6 Å². The van der Waals surface area contributed by atoms with Crippen LogP contribution in [0.4, 0.5) is 0 Å². The highest BCUT2D eigenvalue weighted by molar-refractivity contribution is 9.10. The fourth-order valence-electron chi connectivity index (χ4n) is 2.08. The van der Waals surface area contributed by atoms with E-state index in [0.717, 1.165) is 11.3 Å². The molecule has 0 bridgehead atoms. The third-order valence-electron chi connectivity index (χ3n) is 3.21. The van der Waals surface area contributed by atoms with E-state index < -0.39 is 5.97 Å². The summed E-state index contributed by atoms with van der Waals surface area (Å²) in [6.45, 7) is 0.281. The quantitative estimate of drug-likeness (QED) is 0.739. The number of methoxy groups -OCH3 is 1. The molecule has 0 aliphatic carbocycles. The number of aromatic carboxylic acids is 1. The highest BCUT2D eigenvalue weighted by Gasteiger charge is 2.17. The molecule has 0 aliphatic heterocycles. The molecular formula is C15H13Br2NO4. The Morgan fingerprint density at radius 2 is 1.95 bits per heavy atom. The molecule has 1 aromatic heterocycles. The average molecular weight is 431 g/mol. The summed E-state index contributed by atoms with van der Waals surface area (Å²) in [5, 5.41) is 9.57. The topological polar surface area (TPSA) is 68.5 Å². The molecule has 5 nitrogen and oxygen atoms in total. The van der Waals surface area contributed by atoms with E-state index in [-0.39, 0.29) is 27.5 Å². The van der Waals surface area contributed by atoms with Gasteiger partial charge in [0.05, 0.1) is 23.7 Å². The first kappa shape index (κ1) is 16.8. The number of pyridine rings is 1. The summed E-state index contributed by atoms with van der Waals surface area (Å²) in [6.07, 6.45) is 0. The van der Waals surface area contributed by atoms with Gasteiger partial charge < -0.3 is 14.4 Å². The number of hydrogen-bond donors (Lipinski definition) is 1. The maximum atomic E-state index is 12.3. The monoisotopic (exact) mass is 429 g/mol. The van der Waals surface area contributed by atoms with E-state index >= 15 is 0 Å². The zero-order valence-electron chi connectivity index (χ0n) is 11.7. The molecule has 0 atom stereocenters. The Kier molecular flexibility index (Phi) is 5.42. The Balaban J connectivity index is 2.52. The van der Waals surface area contributed by atoms with Crippen molar-refractivity contribution in [2.75, 3.05) is 7.11 Å². The van der Waals surface area contributed by atoms with Crippen LogP contribution in [0.2, 0.25) is 0 Å². The van der Waals surface area contributed by atoms with E-state index in [9.17, 15) is 14.7 Å². The molecule has 0 spiro atoms. The van der Waals surface area contributed by atoms with Gasteiger partial charge in [-0.25, -0.2) is 4.79 Å². The van der Waals surface area contributed by atoms with E-state index in [1.165, 1.54) is 10.6 Å². The summed E-state index contributed by atoms with van der Waals surface area (Å²) in [4.78, 5) is 23.7. The van der Waals surface area contributed by atoms with Gasteiger partial charge in [-0.2, -0.15) is 0 Å². The molecule has 1 heterocycles. The van der Waals surface area contributed by atoms with Crippen LogP contribution in [0.1, 0.15) is 21.6 Å². The summed E-state index contributed by atoms with van der Waals surface area (Å²) in [5.41, 5.74) is 1.13. The highest BCUT2D eigenvalue weighted by atomic mass is 79.9. The van der Waals surface area contributed by atoms with Crippen molar-refractivity contribution in [2.45, 2.75) is 11.9 Å². The van der Waals surface area contributed by atoms with Crippen molar-refractivity contribution in [1.82, 2.24) is 4.57 Å². The maximum Gasteiger partial charge on any atom is 0.337 e. The number of ether oxygens (including phenoxy) is 1. The van der Waals surface area contributed by atoms with Crippen LogP contribution in [0.3, 0.4) is 0 Å². The molecule has 2 aromatic rings. The van der Waals surface area contributed by atoms with Gasteiger partial charge in [-0.15, -0.1) is 0 Å². The lowest BCUT2D eigenvalue weighted by Gasteiger charge is -2.15. The predicted octanol–water partition coefficient (Wildman–Crippen LogP) is 3.26. The normalized spacial score (nSPS) is 10.5. The van der Waals surface area contributed by atoms with Crippen LogP contribution in [0.25, 0.3) is 0 Å². The molecule has 0 aliphatic rings. The number of hydrogen-bond acceptors (Lipinski definition) is 3. The number of carbonyl (C=O) groups is 1. The highest BCUT2D eigenvalue weighted by Crippen LogP contribution is 2.18. The van der Waals surface area contributed by atoms with Gasteiger partial charge in [0.15, 0.2) is 0 Å². The third kappa shape index (κ3) is 3.41. The number of aromatic nitrogens is 1. The minimum atomic E-state index is -1.07. The number of benzene rings is 1. The van der Waals surface area contributed by atoms with Crippen molar-refractivity contribution in [3.05, 3.63) is 62.0 Å². The average Bonchev–Trinajstić information content (AvgIpc) is 2.52. The number of rotatable bonds is 5. The lowest BCUT2D eigenvalue weighted by Crippen LogP contribution is -2.27. The first-order valence-electron chi connectivity index (χ1n) is 6.32. The van der Waals surface area contributed by atoms with Crippen LogP contribution in [0.5, 0.6) is 5.75 Å². The second-order valence-electron chi connectivity index (χ2n) is 4.53. The van der Waals surface area contributed by atoms with Gasteiger partial charge in [0.1, 0.15) is 5.75 Å². The molecule has 0 radical (unpaired) electrons. The maximum absolute atomic E-state index is 12.3. The number of halogens is 2. The smallest absolute Gasteiger partial charge is 0.337 e. The summed E-state index contributed by atoms with van der Waals surface area (Å²) in [7, 11) is 1.58. The molecule has 1 aromatic carbocycles. The van der Waals surface area contributed by atoms with Gasteiger partial charge in [-0.1, -0.05) is 28.1 Å². The van der Waals surface area contributed by atoms with E-state index in [1.54, 1.807) is 19.2 Å². The van der Waals surface area contributed by atoms with E-state index in [2.05, 4.69) is 31.9 Å². The standard InChI is InChI=1S/C15H13Br2NO4/c1-22-10-4-2-9(3-5-10)8-18-13(7-16)11(15(20)21)6-12(17)14(18)19/h2-6H,7-8H2,1H3,(H,20,21). The van der Waals surface area contributed by atoms with Crippen molar-refractivity contribution >= 4 is 37.8 Å². The van der Waals surface area contributed by atoms with Gasteiger partial charge in [0, 0.05) is 11.0 Å². The zero-order chi connectivity index (χ0) is 16.3. The van der Waals surface area contributed by atoms with Crippen molar-refractivity contribution in [3.8, 4) is 5.75 Å². The van der Waals surface area contributed by atoms with Gasteiger partial charge in [-0.05, 0) is 39.7 Å². The lowest BCUT2D eigenvalue weighted by atomic mass is 10.1. The second kappa shape index (κ2) is 7.11. The second-order valence-corrected chi connectivity index (χ2v) is 5.95. The molecule has 0 saturated carbocycles. The van der Waals surface area contributed by atoms with Crippen LogP contribution < -0.4 is 10.3 Å². The largest absolute Gasteiger partial charge is 0.497 e. The Labute approximate surface area is 143 Å². The fourth-order valence-corrected chi connectivity index (χ4v) is 3.13. The number of alkyl halides is 1. The van der Waals surface area contributed by atoms with Crippen LogP contribution in [-0.2, 0) is 11.9 Å². The Morgan fingerprint density at radius 1 is 1.32 bits per heavy atom.